The third-order valence-corrected chi connectivity index (χ3v) is 7.58. The number of esters is 3. The van der Waals surface area contributed by atoms with E-state index in [9.17, 15) is 14.4 Å². The van der Waals surface area contributed by atoms with Gasteiger partial charge in [-0.25, -0.2) is 14.4 Å². The van der Waals surface area contributed by atoms with Crippen LogP contribution in [0.3, 0.4) is 0 Å². The fraction of sp³-hybridized carbons (Fsp3) is 0.343. The summed E-state index contributed by atoms with van der Waals surface area (Å²) in [4.78, 5) is 37.6. The highest BCUT2D eigenvalue weighted by Crippen LogP contribution is 2.22. The molecule has 0 unspecified atom stereocenters. The van der Waals surface area contributed by atoms with Crippen LogP contribution in [0.4, 0.5) is 0 Å². The predicted molar refractivity (Wildman–Crippen MR) is 167 cm³/mol. The van der Waals surface area contributed by atoms with Crippen molar-refractivity contribution in [2.24, 2.45) is 0 Å². The molecule has 222 valence electrons. The standard InChI is InChI=1S/C35H40O6S/c1-4-5-6-7-8-11-27-12-18-30(19-13-27)40-34(37)28-14-20-31(21-15-28)41-35(38)29-16-22-32(23-17-29)42-25-10-9-24-39-33(36)26(2)3/h12-23H,2,4-11,24-25H2,1,3H3. The zero-order chi connectivity index (χ0) is 30.2. The number of benzene rings is 3. The maximum atomic E-state index is 12.6. The van der Waals surface area contributed by atoms with E-state index in [4.69, 9.17) is 14.2 Å². The molecule has 7 heteroatoms. The molecule has 6 nitrogen and oxygen atoms in total. The summed E-state index contributed by atoms with van der Waals surface area (Å²) in [5, 5.41) is 0. The van der Waals surface area contributed by atoms with Crippen LogP contribution in [0.2, 0.25) is 0 Å². The molecule has 0 N–H and O–H groups in total. The summed E-state index contributed by atoms with van der Waals surface area (Å²) in [5.41, 5.74) is 2.44. The lowest BCUT2D eigenvalue weighted by Crippen LogP contribution is -2.10. The van der Waals surface area contributed by atoms with Crippen molar-refractivity contribution in [2.45, 2.75) is 70.1 Å². The largest absolute Gasteiger partial charge is 0.462 e. The molecule has 0 radical (unpaired) electrons. The highest BCUT2D eigenvalue weighted by Gasteiger charge is 2.12. The van der Waals surface area contributed by atoms with Crippen LogP contribution in [-0.2, 0) is 16.0 Å². The van der Waals surface area contributed by atoms with Crippen molar-refractivity contribution in [1.29, 1.82) is 0 Å². The number of unbranched alkanes of at least 4 members (excludes halogenated alkanes) is 5. The first kappa shape index (κ1) is 32.7. The van der Waals surface area contributed by atoms with Crippen LogP contribution in [0, 0.1) is 0 Å². The Kier molecular flexibility index (Phi) is 13.9. The summed E-state index contributed by atoms with van der Waals surface area (Å²) in [6.07, 6.45) is 8.90. The number of ether oxygens (including phenoxy) is 3. The first-order valence-electron chi connectivity index (χ1n) is 14.5. The van der Waals surface area contributed by atoms with Crippen molar-refractivity contribution in [3.8, 4) is 11.5 Å². The number of rotatable bonds is 17. The summed E-state index contributed by atoms with van der Waals surface area (Å²) in [7, 11) is 0. The fourth-order valence-electron chi connectivity index (χ4n) is 4.02. The third-order valence-electron chi connectivity index (χ3n) is 6.48. The first-order valence-corrected chi connectivity index (χ1v) is 15.5. The molecule has 0 saturated carbocycles. The van der Waals surface area contributed by atoms with Gasteiger partial charge in [0.15, 0.2) is 0 Å². The normalized spacial score (nSPS) is 10.6. The molecule has 0 spiro atoms. The third kappa shape index (κ3) is 11.6. The lowest BCUT2D eigenvalue weighted by atomic mass is 10.1. The maximum Gasteiger partial charge on any atom is 0.343 e. The van der Waals surface area contributed by atoms with Crippen LogP contribution in [0.1, 0.15) is 85.1 Å². The second kappa shape index (κ2) is 17.9. The summed E-state index contributed by atoms with van der Waals surface area (Å²) in [6.45, 7) is 7.78. The molecule has 3 aromatic carbocycles. The van der Waals surface area contributed by atoms with Crippen LogP contribution in [-0.4, -0.2) is 30.3 Å². The Morgan fingerprint density at radius 2 is 1.24 bits per heavy atom. The zero-order valence-electron chi connectivity index (χ0n) is 24.6. The van der Waals surface area contributed by atoms with E-state index in [1.807, 2.05) is 36.4 Å². The quantitative estimate of drug-likeness (QED) is 0.0513. The Hall–Kier alpha value is -3.84. The Bertz CT molecular complexity index is 1300. The zero-order valence-corrected chi connectivity index (χ0v) is 25.4. The molecule has 0 aliphatic carbocycles. The summed E-state index contributed by atoms with van der Waals surface area (Å²) in [5.74, 6) is 0.395. The number of carbonyl (C=O) groups is 3. The Labute approximate surface area is 253 Å². The van der Waals surface area contributed by atoms with Gasteiger partial charge in [0.1, 0.15) is 11.5 Å². The summed E-state index contributed by atoms with van der Waals surface area (Å²) >= 11 is 1.67. The van der Waals surface area contributed by atoms with Gasteiger partial charge < -0.3 is 14.2 Å². The fourth-order valence-corrected chi connectivity index (χ4v) is 4.93. The van der Waals surface area contributed by atoms with Gasteiger partial charge in [-0.1, -0.05) is 51.3 Å². The van der Waals surface area contributed by atoms with Crippen LogP contribution in [0.5, 0.6) is 11.5 Å². The summed E-state index contributed by atoms with van der Waals surface area (Å²) in [6, 6.07) is 21.2. The highest BCUT2D eigenvalue weighted by molar-refractivity contribution is 7.99. The number of aryl methyl sites for hydroxylation is 1. The predicted octanol–water partition coefficient (Wildman–Crippen LogP) is 8.63. The first-order chi connectivity index (χ1) is 20.4. The van der Waals surface area contributed by atoms with Crippen molar-refractivity contribution >= 4 is 29.7 Å². The number of carbonyl (C=O) groups excluding carboxylic acids is 3. The van der Waals surface area contributed by atoms with E-state index in [2.05, 4.69) is 13.5 Å². The van der Waals surface area contributed by atoms with Crippen molar-refractivity contribution in [3.63, 3.8) is 0 Å². The molecule has 0 heterocycles. The number of hydrogen-bond donors (Lipinski definition) is 0. The van der Waals surface area contributed by atoms with Crippen molar-refractivity contribution in [2.75, 3.05) is 12.4 Å². The molecule has 0 aliphatic heterocycles. The van der Waals surface area contributed by atoms with E-state index in [0.29, 0.717) is 34.8 Å². The second-order valence-electron chi connectivity index (χ2n) is 10.1. The Morgan fingerprint density at radius 1 is 0.690 bits per heavy atom. The van der Waals surface area contributed by atoms with E-state index < -0.39 is 11.9 Å². The average Bonchev–Trinajstić information content (AvgIpc) is 3.00. The SMILES string of the molecule is C=C(C)C(=O)OCCCCSc1ccc(C(=O)Oc2ccc(C(=O)Oc3ccc(CCCCCCC)cc3)cc2)cc1. The molecule has 0 saturated heterocycles. The maximum absolute atomic E-state index is 12.6. The Morgan fingerprint density at radius 3 is 1.81 bits per heavy atom. The smallest absolute Gasteiger partial charge is 0.343 e. The monoisotopic (exact) mass is 588 g/mol. The van der Waals surface area contributed by atoms with E-state index in [-0.39, 0.29) is 5.97 Å². The molecule has 0 amide bonds. The van der Waals surface area contributed by atoms with Gasteiger partial charge in [0.2, 0.25) is 0 Å². The molecule has 0 aromatic heterocycles. The van der Waals surface area contributed by atoms with Gasteiger partial charge in [0.05, 0.1) is 17.7 Å². The number of thioether (sulfide) groups is 1. The van der Waals surface area contributed by atoms with Crippen LogP contribution in [0.15, 0.2) is 89.8 Å². The van der Waals surface area contributed by atoms with Crippen molar-refractivity contribution < 1.29 is 28.6 Å². The molecule has 0 bridgehead atoms. The van der Waals surface area contributed by atoms with Gasteiger partial charge in [-0.15, -0.1) is 11.8 Å². The van der Waals surface area contributed by atoms with Crippen LogP contribution in [0.25, 0.3) is 0 Å². The van der Waals surface area contributed by atoms with Crippen molar-refractivity contribution in [1.82, 2.24) is 0 Å². The number of hydrogen-bond acceptors (Lipinski definition) is 7. The van der Waals surface area contributed by atoms with E-state index in [0.717, 1.165) is 29.9 Å². The molecule has 0 atom stereocenters. The molecule has 3 rings (SSSR count). The van der Waals surface area contributed by atoms with Crippen LogP contribution < -0.4 is 9.47 Å². The summed E-state index contributed by atoms with van der Waals surface area (Å²) < 4.78 is 16.1. The molecule has 42 heavy (non-hydrogen) atoms. The van der Waals surface area contributed by atoms with Gasteiger partial charge >= 0.3 is 17.9 Å². The van der Waals surface area contributed by atoms with Gasteiger partial charge in [0.25, 0.3) is 0 Å². The van der Waals surface area contributed by atoms with E-state index >= 15 is 0 Å². The molecule has 0 aliphatic rings. The van der Waals surface area contributed by atoms with Crippen LogP contribution >= 0.6 is 11.8 Å². The lowest BCUT2D eigenvalue weighted by Gasteiger charge is -2.08. The van der Waals surface area contributed by atoms with Gasteiger partial charge in [-0.3, -0.25) is 0 Å². The second-order valence-corrected chi connectivity index (χ2v) is 11.3. The highest BCUT2D eigenvalue weighted by atomic mass is 32.2. The minimum Gasteiger partial charge on any atom is -0.462 e. The molecule has 0 fully saturated rings. The van der Waals surface area contributed by atoms with Gasteiger partial charge in [-0.05, 0) is 105 Å². The Balaban J connectivity index is 1.39. The minimum absolute atomic E-state index is 0.339. The minimum atomic E-state index is -0.480. The van der Waals surface area contributed by atoms with Gasteiger partial charge in [0, 0.05) is 10.5 Å². The molecular weight excluding hydrogens is 548 g/mol. The van der Waals surface area contributed by atoms with E-state index in [1.54, 1.807) is 55.1 Å². The average molecular weight is 589 g/mol. The molecular formula is C35H40O6S. The topological polar surface area (TPSA) is 78.9 Å². The lowest BCUT2D eigenvalue weighted by molar-refractivity contribution is -0.139. The van der Waals surface area contributed by atoms with Gasteiger partial charge in [-0.2, -0.15) is 0 Å². The van der Waals surface area contributed by atoms with Crippen molar-refractivity contribution in [3.05, 3.63) is 102 Å². The molecule has 3 aromatic rings. The van der Waals surface area contributed by atoms with E-state index in [1.165, 1.54) is 37.7 Å².